The van der Waals surface area contributed by atoms with Crippen LogP contribution in [-0.2, 0) is 21.4 Å². The zero-order valence-electron chi connectivity index (χ0n) is 18.4. The molecule has 0 radical (unpaired) electrons. The molecule has 0 aliphatic heterocycles. The van der Waals surface area contributed by atoms with Crippen molar-refractivity contribution in [2.75, 3.05) is 0 Å². The van der Waals surface area contributed by atoms with Crippen molar-refractivity contribution in [3.63, 3.8) is 0 Å². The van der Waals surface area contributed by atoms with Crippen molar-refractivity contribution in [1.29, 1.82) is 0 Å². The fraction of sp³-hybridized carbons (Fsp3) is 0.133. The molecule has 0 heterocycles. The second-order valence-corrected chi connectivity index (χ2v) is 8.32. The maximum atomic E-state index is 12.9. The number of hydrogen-bond donors (Lipinski definition) is 0. The third kappa shape index (κ3) is 5.10. The van der Waals surface area contributed by atoms with Crippen LogP contribution >= 0.6 is 12.2 Å². The molecule has 0 saturated heterocycles. The van der Waals surface area contributed by atoms with Gasteiger partial charge in [0.1, 0.15) is 5.41 Å². The number of rotatable bonds is 8. The van der Waals surface area contributed by atoms with Crippen LogP contribution in [0.2, 0.25) is 0 Å². The van der Waals surface area contributed by atoms with Gasteiger partial charge in [-0.3, -0.25) is 4.79 Å². The predicted octanol–water partition coefficient (Wildman–Crippen LogP) is 6.91. The Morgan fingerprint density at radius 1 is 0.636 bits per heavy atom. The fourth-order valence-electron chi connectivity index (χ4n) is 4.23. The number of esters is 1. The summed E-state index contributed by atoms with van der Waals surface area (Å²) in [7, 11) is 0. The summed E-state index contributed by atoms with van der Waals surface area (Å²) in [6, 6.07) is 40.2. The van der Waals surface area contributed by atoms with E-state index in [4.69, 9.17) is 17.0 Å². The molecule has 4 aromatic carbocycles. The highest BCUT2D eigenvalue weighted by Crippen LogP contribution is 2.41. The number of hydrogen-bond acceptors (Lipinski definition) is 3. The summed E-state index contributed by atoms with van der Waals surface area (Å²) < 4.78 is 5.91. The number of thiocarbonyl (C=S) groups is 1. The van der Waals surface area contributed by atoms with E-state index in [2.05, 4.69) is 12.1 Å². The largest absolute Gasteiger partial charge is 0.417 e. The van der Waals surface area contributed by atoms with E-state index in [1.807, 2.05) is 109 Å². The van der Waals surface area contributed by atoms with Crippen LogP contribution in [0.15, 0.2) is 121 Å². The minimum absolute atomic E-state index is 0.246. The van der Waals surface area contributed by atoms with Crippen molar-refractivity contribution in [2.24, 2.45) is 0 Å². The lowest BCUT2D eigenvalue weighted by molar-refractivity contribution is -0.135. The molecule has 0 saturated carbocycles. The second-order valence-electron chi connectivity index (χ2n) is 7.95. The fourth-order valence-corrected chi connectivity index (χ4v) is 4.68. The average Bonchev–Trinajstić information content (AvgIpc) is 2.87. The van der Waals surface area contributed by atoms with Gasteiger partial charge in [0.2, 0.25) is 0 Å². The molecule has 4 aromatic rings. The van der Waals surface area contributed by atoms with Crippen molar-refractivity contribution < 1.29 is 9.53 Å². The molecule has 0 aliphatic rings. The molecule has 0 bridgehead atoms. The normalized spacial score (nSPS) is 11.0. The van der Waals surface area contributed by atoms with Gasteiger partial charge in [-0.15, -0.1) is 0 Å². The monoisotopic (exact) mass is 450 g/mol. The molecular formula is C30H26O2S. The minimum atomic E-state index is -0.881. The van der Waals surface area contributed by atoms with Gasteiger partial charge in [0, 0.05) is 6.42 Å². The average molecular weight is 451 g/mol. The smallest absolute Gasteiger partial charge is 0.311 e. The summed E-state index contributed by atoms with van der Waals surface area (Å²) in [6.45, 7) is 0. The minimum Gasteiger partial charge on any atom is -0.417 e. The van der Waals surface area contributed by atoms with Crippen LogP contribution in [0.3, 0.4) is 0 Å². The van der Waals surface area contributed by atoms with Gasteiger partial charge in [-0.05, 0) is 47.3 Å². The highest BCUT2D eigenvalue weighted by Gasteiger charge is 2.43. The van der Waals surface area contributed by atoms with Crippen molar-refractivity contribution in [2.45, 2.75) is 24.7 Å². The van der Waals surface area contributed by atoms with E-state index in [1.165, 1.54) is 5.56 Å². The van der Waals surface area contributed by atoms with Gasteiger partial charge >= 0.3 is 5.97 Å². The standard InChI is InChI=1S/C30H26O2S/c31-28(23-13-16-24-14-5-1-6-15-24)32-29(33)30(25-17-7-2-8-18-25,26-19-9-3-10-20-26)27-21-11-4-12-22-27/h1-12,14-15,17-22H,13,16,23H2. The highest BCUT2D eigenvalue weighted by atomic mass is 32.1. The summed E-state index contributed by atoms with van der Waals surface area (Å²) in [5.74, 6) is -0.303. The SMILES string of the molecule is O=C(CCCc1ccccc1)OC(=S)C(c1ccccc1)(c1ccccc1)c1ccccc1. The Labute approximate surface area is 200 Å². The van der Waals surface area contributed by atoms with Crippen molar-refractivity contribution in [3.8, 4) is 0 Å². The predicted molar refractivity (Wildman–Crippen MR) is 137 cm³/mol. The molecule has 0 fully saturated rings. The van der Waals surface area contributed by atoms with Crippen LogP contribution in [0, 0.1) is 0 Å². The van der Waals surface area contributed by atoms with Crippen LogP contribution in [-0.4, -0.2) is 11.0 Å². The zero-order chi connectivity index (χ0) is 22.9. The molecule has 0 unspecified atom stereocenters. The number of carbonyl (C=O) groups is 1. The molecule has 0 spiro atoms. The van der Waals surface area contributed by atoms with Gasteiger partial charge in [0.15, 0.2) is 5.05 Å². The third-order valence-corrected chi connectivity index (χ3v) is 6.21. The first-order chi connectivity index (χ1) is 16.2. The van der Waals surface area contributed by atoms with Gasteiger partial charge in [-0.1, -0.05) is 121 Å². The zero-order valence-corrected chi connectivity index (χ0v) is 19.2. The van der Waals surface area contributed by atoms with E-state index < -0.39 is 5.41 Å². The lowest BCUT2D eigenvalue weighted by Gasteiger charge is -2.35. The second kappa shape index (κ2) is 10.8. The summed E-state index contributed by atoms with van der Waals surface area (Å²) in [4.78, 5) is 12.9. The number of aryl methyl sites for hydroxylation is 1. The molecule has 0 aliphatic carbocycles. The number of ether oxygens (including phenoxy) is 1. The van der Waals surface area contributed by atoms with E-state index in [9.17, 15) is 4.79 Å². The van der Waals surface area contributed by atoms with Crippen LogP contribution < -0.4 is 0 Å². The van der Waals surface area contributed by atoms with Crippen LogP contribution in [0.4, 0.5) is 0 Å². The summed E-state index contributed by atoms with van der Waals surface area (Å²) in [5.41, 5.74) is 3.22. The Morgan fingerprint density at radius 3 is 1.45 bits per heavy atom. The van der Waals surface area contributed by atoms with Gasteiger partial charge in [0.05, 0.1) is 0 Å². The van der Waals surface area contributed by atoms with Crippen molar-refractivity contribution in [1.82, 2.24) is 0 Å². The lowest BCUT2D eigenvalue weighted by Crippen LogP contribution is -2.40. The van der Waals surface area contributed by atoms with E-state index in [0.717, 1.165) is 23.1 Å². The third-order valence-electron chi connectivity index (χ3n) is 5.82. The summed E-state index contributed by atoms with van der Waals surface area (Å²) in [5, 5.41) is 0.246. The Hall–Kier alpha value is -3.56. The lowest BCUT2D eigenvalue weighted by atomic mass is 9.70. The first-order valence-electron chi connectivity index (χ1n) is 11.2. The molecular weight excluding hydrogens is 424 g/mol. The summed E-state index contributed by atoms with van der Waals surface area (Å²) in [6.07, 6.45) is 1.84. The Balaban J connectivity index is 1.66. The first kappa shape index (κ1) is 22.6. The molecule has 0 atom stereocenters. The van der Waals surface area contributed by atoms with E-state index in [0.29, 0.717) is 12.8 Å². The Kier molecular flexibility index (Phi) is 7.43. The first-order valence-corrected chi connectivity index (χ1v) is 11.6. The van der Waals surface area contributed by atoms with Crippen LogP contribution in [0.25, 0.3) is 0 Å². The van der Waals surface area contributed by atoms with E-state index in [-0.39, 0.29) is 11.0 Å². The maximum absolute atomic E-state index is 12.9. The van der Waals surface area contributed by atoms with Gasteiger partial charge in [-0.25, -0.2) is 0 Å². The van der Waals surface area contributed by atoms with Gasteiger partial charge < -0.3 is 4.74 Å². The van der Waals surface area contributed by atoms with E-state index in [1.54, 1.807) is 0 Å². The molecule has 2 nitrogen and oxygen atoms in total. The molecule has 0 aromatic heterocycles. The molecule has 0 amide bonds. The molecule has 4 rings (SSSR count). The van der Waals surface area contributed by atoms with Crippen molar-refractivity contribution >= 4 is 23.2 Å². The van der Waals surface area contributed by atoms with Crippen LogP contribution in [0.1, 0.15) is 35.1 Å². The topological polar surface area (TPSA) is 26.3 Å². The Morgan fingerprint density at radius 2 is 1.03 bits per heavy atom. The quantitative estimate of drug-likeness (QED) is 0.166. The van der Waals surface area contributed by atoms with Crippen LogP contribution in [0.5, 0.6) is 0 Å². The Bertz CT molecular complexity index is 1080. The number of benzene rings is 4. The van der Waals surface area contributed by atoms with Gasteiger partial charge in [-0.2, -0.15) is 0 Å². The van der Waals surface area contributed by atoms with Gasteiger partial charge in [0.25, 0.3) is 0 Å². The molecule has 3 heteroatoms. The maximum Gasteiger partial charge on any atom is 0.311 e. The van der Waals surface area contributed by atoms with E-state index >= 15 is 0 Å². The highest BCUT2D eigenvalue weighted by molar-refractivity contribution is 7.80. The molecule has 164 valence electrons. The summed E-state index contributed by atoms with van der Waals surface area (Å²) >= 11 is 5.91. The van der Waals surface area contributed by atoms with Crippen molar-refractivity contribution in [3.05, 3.63) is 144 Å². The number of carbonyl (C=O) groups excluding carboxylic acids is 1. The molecule has 0 N–H and O–H groups in total. The molecule has 33 heavy (non-hydrogen) atoms.